The highest BCUT2D eigenvalue weighted by Gasteiger charge is 2.50. The number of rotatable bonds is 6. The van der Waals surface area contributed by atoms with Crippen LogP contribution in [0.15, 0.2) is 73.4 Å². The van der Waals surface area contributed by atoms with Gasteiger partial charge in [0.2, 0.25) is 5.91 Å². The van der Waals surface area contributed by atoms with Crippen LogP contribution in [0, 0.1) is 22.5 Å². The Labute approximate surface area is 214 Å². The molecule has 1 unspecified atom stereocenters. The molecule has 1 aromatic heterocycles. The normalized spacial score (nSPS) is 22.2. The van der Waals surface area contributed by atoms with E-state index < -0.39 is 16.4 Å². The number of pyridine rings is 1. The summed E-state index contributed by atoms with van der Waals surface area (Å²) in [6, 6.07) is 16.1. The van der Waals surface area contributed by atoms with Crippen LogP contribution in [-0.4, -0.2) is 15.8 Å². The van der Waals surface area contributed by atoms with Gasteiger partial charge in [0.25, 0.3) is 5.69 Å². The van der Waals surface area contributed by atoms with Gasteiger partial charge in [-0.2, -0.15) is 0 Å². The molecule has 0 spiro atoms. The zero-order valence-corrected chi connectivity index (χ0v) is 21.0. The van der Waals surface area contributed by atoms with Gasteiger partial charge in [-0.1, -0.05) is 60.5 Å². The van der Waals surface area contributed by atoms with E-state index in [0.29, 0.717) is 34.3 Å². The minimum atomic E-state index is -0.756. The smallest absolute Gasteiger partial charge is 0.287 e. The zero-order valence-electron chi connectivity index (χ0n) is 19.4. The van der Waals surface area contributed by atoms with E-state index in [1.807, 2.05) is 43.3 Å². The molecule has 8 heteroatoms. The molecule has 0 saturated carbocycles. The second-order valence-corrected chi connectivity index (χ2v) is 10.1. The van der Waals surface area contributed by atoms with Crippen LogP contribution in [-0.2, 0) is 4.79 Å². The molecule has 6 nitrogen and oxygen atoms in total. The van der Waals surface area contributed by atoms with Gasteiger partial charge in [-0.15, -0.1) is 6.58 Å². The van der Waals surface area contributed by atoms with Gasteiger partial charge in [-0.05, 0) is 60.7 Å². The average molecular weight is 510 g/mol. The van der Waals surface area contributed by atoms with Crippen molar-refractivity contribution in [2.24, 2.45) is 5.41 Å². The molecule has 0 radical (unpaired) electrons. The second kappa shape index (κ2) is 9.80. The molecule has 0 N–H and O–H groups in total. The molecule has 1 aliphatic heterocycles. The van der Waals surface area contributed by atoms with E-state index in [9.17, 15) is 14.9 Å². The van der Waals surface area contributed by atoms with E-state index in [-0.39, 0.29) is 17.5 Å². The number of aromatic nitrogens is 1. The van der Waals surface area contributed by atoms with Crippen LogP contribution < -0.4 is 4.90 Å². The molecule has 2 heterocycles. The lowest BCUT2D eigenvalue weighted by Gasteiger charge is -2.49. The number of hydrogen-bond donors (Lipinski definition) is 0. The number of carbonyl (C=O) groups is 1. The van der Waals surface area contributed by atoms with E-state index in [1.54, 1.807) is 30.0 Å². The summed E-state index contributed by atoms with van der Waals surface area (Å²) in [6.45, 7) is 7.54. The van der Waals surface area contributed by atoms with E-state index in [0.717, 1.165) is 11.1 Å². The van der Waals surface area contributed by atoms with E-state index in [2.05, 4.69) is 11.6 Å². The van der Waals surface area contributed by atoms with Gasteiger partial charge in [0.15, 0.2) is 0 Å². The van der Waals surface area contributed by atoms with Crippen LogP contribution in [0.4, 0.5) is 11.5 Å². The van der Waals surface area contributed by atoms with Crippen LogP contribution in [0.3, 0.4) is 0 Å². The molecular weight excluding hydrogens is 485 g/mol. The Morgan fingerprint density at radius 2 is 1.89 bits per heavy atom. The highest BCUT2D eigenvalue weighted by atomic mass is 35.5. The van der Waals surface area contributed by atoms with Crippen molar-refractivity contribution in [1.29, 1.82) is 0 Å². The Hall–Kier alpha value is -3.22. The lowest BCUT2D eigenvalue weighted by atomic mass is 9.67. The molecular formula is C27H25Cl2N3O3. The highest BCUT2D eigenvalue weighted by molar-refractivity contribution is 6.30. The van der Waals surface area contributed by atoms with Crippen LogP contribution in [0.25, 0.3) is 0 Å². The largest absolute Gasteiger partial charge is 0.288 e. The second-order valence-electron chi connectivity index (χ2n) is 9.18. The number of carbonyl (C=O) groups excluding carboxylic acids is 1. The fourth-order valence-electron chi connectivity index (χ4n) is 4.98. The van der Waals surface area contributed by atoms with Crippen molar-refractivity contribution in [2.75, 3.05) is 4.90 Å². The minimum Gasteiger partial charge on any atom is -0.288 e. The molecule has 2 aromatic carbocycles. The maximum atomic E-state index is 14.2. The van der Waals surface area contributed by atoms with Crippen LogP contribution in [0.5, 0.6) is 0 Å². The van der Waals surface area contributed by atoms with Crippen LogP contribution >= 0.6 is 23.2 Å². The van der Waals surface area contributed by atoms with Crippen molar-refractivity contribution >= 4 is 40.6 Å². The number of piperidine rings is 1. The van der Waals surface area contributed by atoms with Gasteiger partial charge in [0.1, 0.15) is 12.0 Å². The summed E-state index contributed by atoms with van der Waals surface area (Å²) in [5.74, 6) is 0.150. The quantitative estimate of drug-likeness (QED) is 0.196. The van der Waals surface area contributed by atoms with E-state index >= 15 is 0 Å². The van der Waals surface area contributed by atoms with Gasteiger partial charge in [-0.3, -0.25) is 19.8 Å². The highest BCUT2D eigenvalue weighted by Crippen LogP contribution is 2.52. The number of anilines is 1. The standard InChI is InChI=1S/C27H25Cl2N3O3/c1-4-12-27(3)15-23(19-6-5-7-21(29)14-19)24(18-8-10-20(28)11-9-18)31(26(27)33)25-17(2)13-22(16-30-25)32(34)35/h4-11,13-14,16,23-24H,1,12,15H2,2-3H3/t23-,24?,27+/m1/s1. The van der Waals surface area contributed by atoms with Crippen LogP contribution in [0.1, 0.15) is 48.4 Å². The molecule has 3 aromatic rings. The van der Waals surface area contributed by atoms with Gasteiger partial charge in [0, 0.05) is 22.0 Å². The summed E-state index contributed by atoms with van der Waals surface area (Å²) >= 11 is 12.6. The molecule has 180 valence electrons. The molecule has 35 heavy (non-hydrogen) atoms. The fourth-order valence-corrected chi connectivity index (χ4v) is 5.31. The van der Waals surface area contributed by atoms with Crippen molar-refractivity contribution in [2.45, 2.75) is 38.6 Å². The van der Waals surface area contributed by atoms with Gasteiger partial charge >= 0.3 is 0 Å². The average Bonchev–Trinajstić information content (AvgIpc) is 2.82. The summed E-state index contributed by atoms with van der Waals surface area (Å²) in [5.41, 5.74) is 1.53. The van der Waals surface area contributed by atoms with Crippen molar-refractivity contribution < 1.29 is 9.72 Å². The summed E-state index contributed by atoms with van der Waals surface area (Å²) in [7, 11) is 0. The number of hydrogen-bond acceptors (Lipinski definition) is 4. The maximum Gasteiger partial charge on any atom is 0.287 e. The first-order valence-corrected chi connectivity index (χ1v) is 12.0. The number of benzene rings is 2. The third-order valence-corrected chi connectivity index (χ3v) is 7.11. The third-order valence-electron chi connectivity index (χ3n) is 6.62. The molecule has 1 saturated heterocycles. The van der Waals surface area contributed by atoms with Gasteiger partial charge < -0.3 is 0 Å². The molecule has 1 amide bonds. The summed E-state index contributed by atoms with van der Waals surface area (Å²) in [5, 5.41) is 12.5. The number of halogens is 2. The van der Waals surface area contributed by atoms with E-state index in [1.165, 1.54) is 12.3 Å². The Morgan fingerprint density at radius 1 is 1.17 bits per heavy atom. The predicted octanol–water partition coefficient (Wildman–Crippen LogP) is 7.45. The molecule has 0 bridgehead atoms. The Morgan fingerprint density at radius 3 is 2.49 bits per heavy atom. The fraction of sp³-hybridized carbons (Fsp3) is 0.259. The van der Waals surface area contributed by atoms with Crippen molar-refractivity contribution in [3.8, 4) is 0 Å². The predicted molar refractivity (Wildman–Crippen MR) is 139 cm³/mol. The summed E-state index contributed by atoms with van der Waals surface area (Å²) in [6.07, 6.45) is 3.99. The third kappa shape index (κ3) is 4.81. The van der Waals surface area contributed by atoms with Crippen molar-refractivity contribution in [3.05, 3.63) is 110 Å². The molecule has 0 aliphatic carbocycles. The first-order chi connectivity index (χ1) is 16.6. The number of nitrogens with zero attached hydrogens (tertiary/aromatic N) is 3. The number of allylic oxidation sites excluding steroid dienone is 1. The minimum absolute atomic E-state index is 0.111. The van der Waals surface area contributed by atoms with Crippen molar-refractivity contribution in [3.63, 3.8) is 0 Å². The van der Waals surface area contributed by atoms with Gasteiger partial charge in [-0.25, -0.2) is 4.98 Å². The zero-order chi connectivity index (χ0) is 25.3. The lowest BCUT2D eigenvalue weighted by molar-refractivity contribution is -0.385. The Kier molecular flexibility index (Phi) is 6.97. The van der Waals surface area contributed by atoms with Crippen LogP contribution in [0.2, 0.25) is 10.0 Å². The maximum absolute atomic E-state index is 14.2. The summed E-state index contributed by atoms with van der Waals surface area (Å²) in [4.78, 5) is 31.1. The van der Waals surface area contributed by atoms with Crippen molar-refractivity contribution in [1.82, 2.24) is 4.98 Å². The number of aryl methyl sites for hydroxylation is 1. The Balaban J connectivity index is 1.97. The monoisotopic (exact) mass is 509 g/mol. The number of nitro groups is 1. The van der Waals surface area contributed by atoms with E-state index in [4.69, 9.17) is 23.2 Å². The first-order valence-electron chi connectivity index (χ1n) is 11.2. The topological polar surface area (TPSA) is 76.3 Å². The SMILES string of the molecule is C=CC[C@@]1(C)C[C@H](c2cccc(Cl)c2)C(c2ccc(Cl)cc2)N(c2ncc([N+](=O)[O-])cc2C)C1=O. The Bertz CT molecular complexity index is 1300. The van der Waals surface area contributed by atoms with Gasteiger partial charge in [0.05, 0.1) is 16.4 Å². The number of amides is 1. The molecule has 1 aliphatic rings. The first kappa shape index (κ1) is 24.9. The lowest BCUT2D eigenvalue weighted by Crippen LogP contribution is -2.52. The summed E-state index contributed by atoms with van der Waals surface area (Å²) < 4.78 is 0. The molecule has 4 rings (SSSR count). The molecule has 3 atom stereocenters. The molecule has 1 fully saturated rings.